The highest BCUT2D eigenvalue weighted by molar-refractivity contribution is 6.37. The number of likely N-dealkylation sites (tertiary alicyclic amines) is 1. The van der Waals surface area contributed by atoms with Crippen LogP contribution in [0.4, 0.5) is 0 Å². The highest BCUT2D eigenvalue weighted by Crippen LogP contribution is 2.36. The summed E-state index contributed by atoms with van der Waals surface area (Å²) >= 11 is 12.2. The van der Waals surface area contributed by atoms with Gasteiger partial charge in [-0.05, 0) is 51.0 Å². The van der Waals surface area contributed by atoms with Gasteiger partial charge in [0.05, 0.1) is 24.3 Å². The summed E-state index contributed by atoms with van der Waals surface area (Å²) in [7, 11) is 3.78. The molecule has 1 aromatic heterocycles. The van der Waals surface area contributed by atoms with Crippen molar-refractivity contribution in [3.05, 3.63) is 28.4 Å². The molecule has 1 aliphatic rings. The first-order valence-electron chi connectivity index (χ1n) is 7.72. The second-order valence-electron chi connectivity index (χ2n) is 6.00. The molecule has 1 saturated heterocycles. The number of nitrogens with zero attached hydrogens (tertiary/aromatic N) is 2. The number of aromatic nitrogens is 1. The number of hydrogen-bond acceptors (Lipinski definition) is 4. The molecule has 0 radical (unpaired) electrons. The Bertz CT molecular complexity index is 701. The van der Waals surface area contributed by atoms with E-state index in [1.807, 2.05) is 12.1 Å². The Morgan fingerprint density at radius 1 is 1.17 bits per heavy atom. The number of hydrogen-bond donors (Lipinski definition) is 0. The van der Waals surface area contributed by atoms with Gasteiger partial charge in [-0.2, -0.15) is 0 Å². The molecule has 0 N–H and O–H groups in total. The van der Waals surface area contributed by atoms with Crippen molar-refractivity contribution < 1.29 is 9.47 Å². The maximum absolute atomic E-state index is 6.23. The first kappa shape index (κ1) is 16.6. The van der Waals surface area contributed by atoms with Gasteiger partial charge < -0.3 is 14.4 Å². The van der Waals surface area contributed by atoms with E-state index in [1.54, 1.807) is 13.2 Å². The van der Waals surface area contributed by atoms with E-state index in [4.69, 9.17) is 32.7 Å². The van der Waals surface area contributed by atoms with E-state index >= 15 is 0 Å². The van der Waals surface area contributed by atoms with Crippen molar-refractivity contribution in [2.45, 2.75) is 12.8 Å². The predicted octanol–water partition coefficient (Wildman–Crippen LogP) is 4.27. The Balaban J connectivity index is 1.81. The van der Waals surface area contributed by atoms with Gasteiger partial charge in [-0.1, -0.05) is 23.2 Å². The summed E-state index contributed by atoms with van der Waals surface area (Å²) in [4.78, 5) is 6.66. The molecule has 1 fully saturated rings. The summed E-state index contributed by atoms with van der Waals surface area (Å²) in [6, 6.07) is 5.33. The summed E-state index contributed by atoms with van der Waals surface area (Å²) < 4.78 is 11.5. The van der Waals surface area contributed by atoms with Crippen LogP contribution in [0.2, 0.25) is 10.2 Å². The fourth-order valence-electron chi connectivity index (χ4n) is 2.87. The molecule has 23 heavy (non-hydrogen) atoms. The van der Waals surface area contributed by atoms with E-state index in [0.717, 1.165) is 31.3 Å². The second-order valence-corrected chi connectivity index (χ2v) is 6.80. The predicted molar refractivity (Wildman–Crippen MR) is 94.0 cm³/mol. The Morgan fingerprint density at radius 2 is 1.91 bits per heavy atom. The Morgan fingerprint density at radius 3 is 2.61 bits per heavy atom. The van der Waals surface area contributed by atoms with Crippen LogP contribution < -0.4 is 9.47 Å². The van der Waals surface area contributed by atoms with Gasteiger partial charge in [0.2, 0.25) is 0 Å². The fraction of sp³-hybridized carbons (Fsp3) is 0.471. The quantitative estimate of drug-likeness (QED) is 0.767. The molecule has 0 aliphatic carbocycles. The minimum Gasteiger partial charge on any atom is -0.493 e. The van der Waals surface area contributed by atoms with Gasteiger partial charge in [-0.15, -0.1) is 0 Å². The van der Waals surface area contributed by atoms with Crippen molar-refractivity contribution in [2.75, 3.05) is 33.9 Å². The zero-order chi connectivity index (χ0) is 16.4. The number of rotatable bonds is 4. The zero-order valence-electron chi connectivity index (χ0n) is 13.3. The average molecular weight is 355 g/mol. The molecule has 0 unspecified atom stereocenters. The molecule has 1 aliphatic heterocycles. The van der Waals surface area contributed by atoms with E-state index in [1.165, 1.54) is 0 Å². The van der Waals surface area contributed by atoms with Gasteiger partial charge in [0.25, 0.3) is 0 Å². The summed E-state index contributed by atoms with van der Waals surface area (Å²) in [5.41, 5.74) is 0.710. The average Bonchev–Trinajstić information content (AvgIpc) is 2.53. The maximum atomic E-state index is 6.23. The minimum atomic E-state index is 0.369. The molecule has 0 bridgehead atoms. The number of fused-ring (bicyclic) bond motifs is 1. The topological polar surface area (TPSA) is 34.6 Å². The van der Waals surface area contributed by atoms with Crippen molar-refractivity contribution >= 4 is 34.1 Å². The maximum Gasteiger partial charge on any atom is 0.163 e. The summed E-state index contributed by atoms with van der Waals surface area (Å²) in [5.74, 6) is 1.92. The molecule has 0 spiro atoms. The summed E-state index contributed by atoms with van der Waals surface area (Å²) in [6.07, 6.45) is 2.31. The number of methoxy groups -OCH3 is 1. The zero-order valence-corrected chi connectivity index (χ0v) is 14.8. The Kier molecular flexibility index (Phi) is 5.14. The molecule has 0 amide bonds. The van der Waals surface area contributed by atoms with E-state index in [0.29, 0.717) is 39.7 Å². The molecule has 3 rings (SSSR count). The first-order chi connectivity index (χ1) is 11.1. The van der Waals surface area contributed by atoms with Crippen LogP contribution in [0.3, 0.4) is 0 Å². The monoisotopic (exact) mass is 354 g/mol. The second kappa shape index (κ2) is 7.12. The number of pyridine rings is 1. The van der Waals surface area contributed by atoms with E-state index in [-0.39, 0.29) is 0 Å². The van der Waals surface area contributed by atoms with Crippen molar-refractivity contribution in [1.29, 1.82) is 0 Å². The van der Waals surface area contributed by atoms with Crippen molar-refractivity contribution in [3.63, 3.8) is 0 Å². The van der Waals surface area contributed by atoms with E-state index in [2.05, 4.69) is 16.9 Å². The lowest BCUT2D eigenvalue weighted by Crippen LogP contribution is -2.32. The largest absolute Gasteiger partial charge is 0.493 e. The highest BCUT2D eigenvalue weighted by atomic mass is 35.5. The number of ether oxygens (including phenoxy) is 2. The third kappa shape index (κ3) is 3.82. The van der Waals surface area contributed by atoms with Crippen LogP contribution >= 0.6 is 23.2 Å². The Labute approximate surface area is 146 Å². The molecule has 4 nitrogen and oxygen atoms in total. The molecule has 0 atom stereocenters. The normalized spacial score (nSPS) is 16.7. The van der Waals surface area contributed by atoms with Gasteiger partial charge in [0, 0.05) is 11.5 Å². The van der Waals surface area contributed by atoms with Crippen LogP contribution in [-0.4, -0.2) is 43.7 Å². The lowest BCUT2D eigenvalue weighted by molar-refractivity contribution is 0.157. The van der Waals surface area contributed by atoms with Crippen molar-refractivity contribution in [1.82, 2.24) is 9.88 Å². The van der Waals surface area contributed by atoms with Crippen LogP contribution in [0.15, 0.2) is 18.2 Å². The first-order valence-corrected chi connectivity index (χ1v) is 8.47. The van der Waals surface area contributed by atoms with Crippen molar-refractivity contribution in [3.8, 4) is 11.5 Å². The van der Waals surface area contributed by atoms with Crippen LogP contribution in [0.25, 0.3) is 10.9 Å². The number of halogens is 2. The molecule has 0 saturated carbocycles. The lowest BCUT2D eigenvalue weighted by atomic mass is 9.98. The Hall–Kier alpha value is -1.23. The highest BCUT2D eigenvalue weighted by Gasteiger charge is 2.18. The fourth-order valence-corrected chi connectivity index (χ4v) is 3.38. The molecule has 6 heteroatoms. The molecular formula is C17H20Cl2N2O2. The molecule has 2 aromatic rings. The summed E-state index contributed by atoms with van der Waals surface area (Å²) in [6.45, 7) is 2.93. The van der Waals surface area contributed by atoms with E-state index < -0.39 is 0 Å². The SMILES string of the molecule is COc1cc2c(Cl)cc(Cl)nc2cc1OCC1CCN(C)CC1. The minimum absolute atomic E-state index is 0.369. The molecular weight excluding hydrogens is 335 g/mol. The van der Waals surface area contributed by atoms with Crippen LogP contribution in [-0.2, 0) is 0 Å². The van der Waals surface area contributed by atoms with Crippen LogP contribution in [0.5, 0.6) is 11.5 Å². The van der Waals surface area contributed by atoms with Crippen molar-refractivity contribution in [2.24, 2.45) is 5.92 Å². The summed E-state index contributed by atoms with van der Waals surface area (Å²) in [5, 5.41) is 1.73. The third-order valence-electron chi connectivity index (χ3n) is 4.33. The number of benzene rings is 1. The lowest BCUT2D eigenvalue weighted by Gasteiger charge is -2.28. The number of piperidine rings is 1. The molecule has 2 heterocycles. The van der Waals surface area contributed by atoms with Gasteiger partial charge in [0.1, 0.15) is 5.15 Å². The van der Waals surface area contributed by atoms with Crippen LogP contribution in [0.1, 0.15) is 12.8 Å². The van der Waals surface area contributed by atoms with Gasteiger partial charge >= 0.3 is 0 Å². The molecule has 1 aromatic carbocycles. The van der Waals surface area contributed by atoms with Gasteiger partial charge in [-0.25, -0.2) is 4.98 Å². The van der Waals surface area contributed by atoms with Gasteiger partial charge in [-0.3, -0.25) is 0 Å². The van der Waals surface area contributed by atoms with Crippen LogP contribution in [0, 0.1) is 5.92 Å². The smallest absolute Gasteiger partial charge is 0.163 e. The third-order valence-corrected chi connectivity index (χ3v) is 4.83. The molecule has 124 valence electrons. The standard InChI is InChI=1S/C17H20Cl2N2O2/c1-21-5-3-11(4-6-21)10-23-16-9-14-12(7-15(16)22-2)13(18)8-17(19)20-14/h7-9,11H,3-6,10H2,1-2H3. The van der Waals surface area contributed by atoms with E-state index in [9.17, 15) is 0 Å². The van der Waals surface area contributed by atoms with Gasteiger partial charge in [0.15, 0.2) is 11.5 Å².